The number of aryl methyl sites for hydroxylation is 1. The largest absolute Gasteiger partial charge is 0.497 e. The summed E-state index contributed by atoms with van der Waals surface area (Å²) in [6.45, 7) is 4.83. The van der Waals surface area contributed by atoms with E-state index in [4.69, 9.17) is 19.1 Å². The number of piperazine rings is 1. The first-order chi connectivity index (χ1) is 15.6. The molecule has 1 saturated carbocycles. The zero-order chi connectivity index (χ0) is 22.1. The zero-order valence-electron chi connectivity index (χ0n) is 18.6. The highest BCUT2D eigenvalue weighted by atomic mass is 16.5. The van der Waals surface area contributed by atoms with Gasteiger partial charge in [-0.25, -0.2) is 9.97 Å². The van der Waals surface area contributed by atoms with Crippen LogP contribution in [0.1, 0.15) is 52.0 Å². The lowest BCUT2D eigenvalue weighted by Crippen LogP contribution is -2.49. The van der Waals surface area contributed by atoms with Crippen LogP contribution in [0.2, 0.25) is 0 Å². The van der Waals surface area contributed by atoms with Crippen molar-refractivity contribution < 1.29 is 13.9 Å². The van der Waals surface area contributed by atoms with E-state index in [-0.39, 0.29) is 5.91 Å². The summed E-state index contributed by atoms with van der Waals surface area (Å²) in [4.78, 5) is 26.7. The fourth-order valence-electron chi connectivity index (χ4n) is 4.26. The van der Waals surface area contributed by atoms with Gasteiger partial charge in [0.2, 0.25) is 0 Å². The van der Waals surface area contributed by atoms with Gasteiger partial charge in [0.25, 0.3) is 5.91 Å². The van der Waals surface area contributed by atoms with Crippen molar-refractivity contribution in [1.29, 1.82) is 0 Å². The molecule has 32 heavy (non-hydrogen) atoms. The van der Waals surface area contributed by atoms with Crippen LogP contribution in [0.15, 0.2) is 47.1 Å². The highest BCUT2D eigenvalue weighted by Crippen LogP contribution is 2.39. The van der Waals surface area contributed by atoms with Crippen molar-refractivity contribution in [2.45, 2.75) is 32.1 Å². The Morgan fingerprint density at radius 1 is 1.12 bits per heavy atom. The van der Waals surface area contributed by atoms with Crippen molar-refractivity contribution >= 4 is 11.7 Å². The van der Waals surface area contributed by atoms with Crippen LogP contribution in [-0.4, -0.2) is 54.1 Å². The summed E-state index contributed by atoms with van der Waals surface area (Å²) in [6, 6.07) is 11.6. The Kier molecular flexibility index (Phi) is 5.55. The average molecular weight is 433 g/mol. The normalized spacial score (nSPS) is 16.3. The fourth-order valence-corrected chi connectivity index (χ4v) is 4.26. The highest BCUT2D eigenvalue weighted by molar-refractivity contribution is 5.91. The molecule has 1 aromatic carbocycles. The van der Waals surface area contributed by atoms with E-state index in [1.165, 1.54) is 24.7 Å². The molecule has 1 amide bonds. The minimum absolute atomic E-state index is 0.0520. The van der Waals surface area contributed by atoms with E-state index >= 15 is 0 Å². The molecule has 2 aromatic heterocycles. The van der Waals surface area contributed by atoms with Gasteiger partial charge in [-0.1, -0.05) is 12.1 Å². The molecular weight excluding hydrogens is 404 g/mol. The molecule has 3 aromatic rings. The minimum Gasteiger partial charge on any atom is -0.497 e. The van der Waals surface area contributed by atoms with Crippen LogP contribution in [0.4, 0.5) is 5.82 Å². The SMILES string of the molecule is COc1cccc(Cc2c(C)nc(C3CC3)nc2N2CCN(C(=O)c3ccco3)CC2)c1. The lowest BCUT2D eigenvalue weighted by atomic mass is 10.0. The van der Waals surface area contributed by atoms with Crippen molar-refractivity contribution in [3.63, 3.8) is 0 Å². The van der Waals surface area contributed by atoms with Gasteiger partial charge in [-0.05, 0) is 49.6 Å². The second kappa shape index (κ2) is 8.65. The second-order valence-corrected chi connectivity index (χ2v) is 8.53. The number of rotatable bonds is 6. The molecule has 0 spiro atoms. The van der Waals surface area contributed by atoms with E-state index in [9.17, 15) is 4.79 Å². The maximum atomic E-state index is 12.7. The molecule has 2 fully saturated rings. The minimum atomic E-state index is -0.0520. The van der Waals surface area contributed by atoms with Crippen molar-refractivity contribution in [2.75, 3.05) is 38.2 Å². The van der Waals surface area contributed by atoms with E-state index in [1.54, 1.807) is 19.2 Å². The maximum Gasteiger partial charge on any atom is 0.289 e. The summed E-state index contributed by atoms with van der Waals surface area (Å²) in [5.41, 5.74) is 3.35. The van der Waals surface area contributed by atoms with Crippen molar-refractivity contribution in [2.24, 2.45) is 0 Å². The van der Waals surface area contributed by atoms with Gasteiger partial charge in [0.05, 0.1) is 13.4 Å². The first-order valence-corrected chi connectivity index (χ1v) is 11.2. The Hall–Kier alpha value is -3.35. The molecule has 0 radical (unpaired) electrons. The molecule has 0 unspecified atom stereocenters. The molecule has 0 N–H and O–H groups in total. The summed E-state index contributed by atoms with van der Waals surface area (Å²) >= 11 is 0. The summed E-state index contributed by atoms with van der Waals surface area (Å²) in [5, 5.41) is 0. The molecule has 1 aliphatic heterocycles. The number of methoxy groups -OCH3 is 1. The van der Waals surface area contributed by atoms with Crippen molar-refractivity contribution in [1.82, 2.24) is 14.9 Å². The molecule has 2 aliphatic rings. The molecule has 1 saturated heterocycles. The summed E-state index contributed by atoms with van der Waals surface area (Å²) in [7, 11) is 1.69. The lowest BCUT2D eigenvalue weighted by molar-refractivity contribution is 0.0714. The first-order valence-electron chi connectivity index (χ1n) is 11.2. The Labute approximate surface area is 188 Å². The van der Waals surface area contributed by atoms with Gasteiger partial charge < -0.3 is 19.0 Å². The third-order valence-corrected chi connectivity index (χ3v) is 6.27. The second-order valence-electron chi connectivity index (χ2n) is 8.53. The number of anilines is 1. The van der Waals surface area contributed by atoms with Gasteiger partial charge in [0.1, 0.15) is 17.4 Å². The molecule has 1 aliphatic carbocycles. The molecule has 7 heteroatoms. The Morgan fingerprint density at radius 2 is 1.94 bits per heavy atom. The highest BCUT2D eigenvalue weighted by Gasteiger charge is 2.31. The number of hydrogen-bond acceptors (Lipinski definition) is 6. The number of amides is 1. The number of benzene rings is 1. The van der Waals surface area contributed by atoms with Crippen LogP contribution in [0.3, 0.4) is 0 Å². The lowest BCUT2D eigenvalue weighted by Gasteiger charge is -2.36. The van der Waals surface area contributed by atoms with E-state index in [1.807, 2.05) is 17.0 Å². The smallest absolute Gasteiger partial charge is 0.289 e. The number of carbonyl (C=O) groups excluding carboxylic acids is 1. The van der Waals surface area contributed by atoms with E-state index in [0.29, 0.717) is 24.8 Å². The molecule has 3 heterocycles. The molecule has 7 nitrogen and oxygen atoms in total. The predicted octanol–water partition coefficient (Wildman–Crippen LogP) is 3.82. The molecular formula is C25H28N4O3. The van der Waals surface area contributed by atoms with Crippen molar-refractivity contribution in [3.8, 4) is 5.75 Å². The molecule has 0 bridgehead atoms. The van der Waals surface area contributed by atoms with Crippen LogP contribution in [0, 0.1) is 6.92 Å². The van der Waals surface area contributed by atoms with Crippen LogP contribution in [0.25, 0.3) is 0 Å². The number of ether oxygens (including phenoxy) is 1. The Balaban J connectivity index is 1.40. The topological polar surface area (TPSA) is 71.7 Å². The van der Waals surface area contributed by atoms with E-state index in [2.05, 4.69) is 24.0 Å². The molecule has 0 atom stereocenters. The third kappa shape index (κ3) is 4.20. The van der Waals surface area contributed by atoms with Crippen LogP contribution < -0.4 is 9.64 Å². The quantitative estimate of drug-likeness (QED) is 0.590. The Bertz CT molecular complexity index is 1100. The van der Waals surface area contributed by atoms with Gasteiger partial charge in [-0.3, -0.25) is 4.79 Å². The number of carbonyl (C=O) groups is 1. The van der Waals surface area contributed by atoms with Gasteiger partial charge in [0, 0.05) is 49.8 Å². The van der Waals surface area contributed by atoms with Gasteiger partial charge in [-0.2, -0.15) is 0 Å². The van der Waals surface area contributed by atoms with E-state index < -0.39 is 0 Å². The number of furan rings is 1. The zero-order valence-corrected chi connectivity index (χ0v) is 18.6. The maximum absolute atomic E-state index is 12.7. The number of hydrogen-bond donors (Lipinski definition) is 0. The van der Waals surface area contributed by atoms with Crippen LogP contribution in [0.5, 0.6) is 5.75 Å². The summed E-state index contributed by atoms with van der Waals surface area (Å²) in [5.74, 6) is 3.64. The number of nitrogens with zero attached hydrogens (tertiary/aromatic N) is 4. The summed E-state index contributed by atoms with van der Waals surface area (Å²) < 4.78 is 10.7. The fraction of sp³-hybridized carbons (Fsp3) is 0.400. The van der Waals surface area contributed by atoms with Crippen LogP contribution >= 0.6 is 0 Å². The molecule has 5 rings (SSSR count). The van der Waals surface area contributed by atoms with E-state index in [0.717, 1.165) is 48.2 Å². The monoisotopic (exact) mass is 432 g/mol. The third-order valence-electron chi connectivity index (χ3n) is 6.27. The first kappa shape index (κ1) is 20.5. The predicted molar refractivity (Wildman–Crippen MR) is 121 cm³/mol. The van der Waals surface area contributed by atoms with Crippen LogP contribution in [-0.2, 0) is 6.42 Å². The van der Waals surface area contributed by atoms with Gasteiger partial charge in [0.15, 0.2) is 5.76 Å². The summed E-state index contributed by atoms with van der Waals surface area (Å²) in [6.07, 6.45) is 4.62. The van der Waals surface area contributed by atoms with Gasteiger partial charge in [-0.15, -0.1) is 0 Å². The Morgan fingerprint density at radius 3 is 2.62 bits per heavy atom. The number of aromatic nitrogens is 2. The van der Waals surface area contributed by atoms with Gasteiger partial charge >= 0.3 is 0 Å². The molecule has 166 valence electrons. The van der Waals surface area contributed by atoms with Crippen molar-refractivity contribution in [3.05, 3.63) is 71.1 Å². The average Bonchev–Trinajstić information content (AvgIpc) is 3.53. The standard InChI is InChI=1S/C25H28N4O3/c1-17-21(16-18-5-3-6-20(15-18)31-2)24(27-23(26-17)19-8-9-19)28-10-12-29(13-11-28)25(30)22-7-4-14-32-22/h3-7,14-15,19H,8-13,16H2,1-2H3.